The molecule has 3 rings (SSSR count). The molecule has 2 atom stereocenters. The van der Waals surface area contributed by atoms with Gasteiger partial charge in [0, 0.05) is 11.6 Å². The fraction of sp³-hybridized carbons (Fsp3) is 0.500. The number of nitrogens with zero attached hydrogens (tertiary/aromatic N) is 2. The molecule has 1 aliphatic rings. The summed E-state index contributed by atoms with van der Waals surface area (Å²) in [5.41, 5.74) is 1.38. The van der Waals surface area contributed by atoms with Crippen LogP contribution in [0.3, 0.4) is 0 Å². The van der Waals surface area contributed by atoms with E-state index >= 15 is 0 Å². The van der Waals surface area contributed by atoms with E-state index in [1.54, 1.807) is 19.1 Å². The van der Waals surface area contributed by atoms with Crippen LogP contribution in [0.15, 0.2) is 22.7 Å². The number of aryl methyl sites for hydroxylation is 1. The number of aromatic nitrogens is 2. The maximum atomic E-state index is 13.3. The van der Waals surface area contributed by atoms with Crippen LogP contribution in [0.5, 0.6) is 0 Å². The van der Waals surface area contributed by atoms with E-state index in [1.807, 2.05) is 0 Å². The number of hydrogen-bond acceptors (Lipinski definition) is 4. The first-order valence-electron chi connectivity index (χ1n) is 7.52. The molecular formula is C16H20FN3O. The molecule has 1 fully saturated rings. The number of hydrogen-bond donors (Lipinski definition) is 1. The van der Waals surface area contributed by atoms with Crippen molar-refractivity contribution in [3.8, 4) is 11.4 Å². The lowest BCUT2D eigenvalue weighted by molar-refractivity contribution is 0.332. The van der Waals surface area contributed by atoms with Gasteiger partial charge in [-0.2, -0.15) is 4.98 Å². The van der Waals surface area contributed by atoms with E-state index in [1.165, 1.54) is 12.5 Å². The molecule has 0 radical (unpaired) electrons. The van der Waals surface area contributed by atoms with E-state index in [0.717, 1.165) is 24.9 Å². The van der Waals surface area contributed by atoms with Crippen LogP contribution >= 0.6 is 0 Å². The van der Waals surface area contributed by atoms with E-state index < -0.39 is 0 Å². The van der Waals surface area contributed by atoms with Crippen molar-refractivity contribution in [2.75, 3.05) is 6.54 Å². The van der Waals surface area contributed by atoms with Crippen LogP contribution in [-0.2, 0) is 0 Å². The fourth-order valence-corrected chi connectivity index (χ4v) is 3.05. The smallest absolute Gasteiger partial charge is 0.231 e. The van der Waals surface area contributed by atoms with Crippen LogP contribution in [-0.4, -0.2) is 22.7 Å². The molecular weight excluding hydrogens is 269 g/mol. The lowest BCUT2D eigenvalue weighted by Gasteiger charge is -2.16. The number of halogens is 1. The Kier molecular flexibility index (Phi) is 4.01. The van der Waals surface area contributed by atoms with Crippen molar-refractivity contribution >= 4 is 0 Å². The second kappa shape index (κ2) is 5.93. The van der Waals surface area contributed by atoms with Gasteiger partial charge in [-0.1, -0.05) is 18.5 Å². The Labute approximate surface area is 123 Å². The summed E-state index contributed by atoms with van der Waals surface area (Å²) in [5.74, 6) is 1.30. The molecule has 1 aliphatic carbocycles. The second-order valence-electron chi connectivity index (χ2n) is 5.62. The maximum Gasteiger partial charge on any atom is 0.231 e. The minimum atomic E-state index is -0.217. The Morgan fingerprint density at radius 1 is 1.38 bits per heavy atom. The van der Waals surface area contributed by atoms with Crippen LogP contribution in [0, 0.1) is 12.7 Å². The summed E-state index contributed by atoms with van der Waals surface area (Å²) >= 11 is 0. The summed E-state index contributed by atoms with van der Waals surface area (Å²) in [6.07, 6.45) is 3.39. The third-order valence-electron chi connectivity index (χ3n) is 4.16. The molecule has 1 N–H and O–H groups in total. The number of rotatable bonds is 4. The molecule has 1 aromatic heterocycles. The molecule has 4 nitrogen and oxygen atoms in total. The highest BCUT2D eigenvalue weighted by Crippen LogP contribution is 2.34. The summed E-state index contributed by atoms with van der Waals surface area (Å²) in [7, 11) is 0. The SMILES string of the molecule is CCNC1CCCC1c1nc(-c2ccc(F)c(C)c2)no1. The zero-order valence-corrected chi connectivity index (χ0v) is 12.4. The monoisotopic (exact) mass is 289 g/mol. The molecule has 0 bridgehead atoms. The summed E-state index contributed by atoms with van der Waals surface area (Å²) in [6, 6.07) is 5.30. The normalized spacial score (nSPS) is 21.9. The molecule has 0 spiro atoms. The van der Waals surface area contributed by atoms with Gasteiger partial charge >= 0.3 is 0 Å². The van der Waals surface area contributed by atoms with Crippen LogP contribution < -0.4 is 5.32 Å². The van der Waals surface area contributed by atoms with Gasteiger partial charge in [0.05, 0.1) is 5.92 Å². The van der Waals surface area contributed by atoms with E-state index in [0.29, 0.717) is 23.3 Å². The Balaban J connectivity index is 1.84. The summed E-state index contributed by atoms with van der Waals surface area (Å²) in [5, 5.41) is 7.54. The van der Waals surface area contributed by atoms with Crippen molar-refractivity contribution in [3.05, 3.63) is 35.5 Å². The predicted octanol–water partition coefficient (Wildman–Crippen LogP) is 3.43. The Morgan fingerprint density at radius 2 is 2.24 bits per heavy atom. The largest absolute Gasteiger partial charge is 0.339 e. The van der Waals surface area contributed by atoms with E-state index in [2.05, 4.69) is 22.4 Å². The average Bonchev–Trinajstić information content (AvgIpc) is 3.10. The zero-order chi connectivity index (χ0) is 14.8. The minimum absolute atomic E-state index is 0.217. The third-order valence-corrected chi connectivity index (χ3v) is 4.16. The van der Waals surface area contributed by atoms with Gasteiger partial charge in [0.25, 0.3) is 0 Å². The summed E-state index contributed by atoms with van der Waals surface area (Å²) in [4.78, 5) is 4.53. The van der Waals surface area contributed by atoms with Crippen LogP contribution in [0.1, 0.15) is 43.6 Å². The lowest BCUT2D eigenvalue weighted by atomic mass is 10.0. The number of benzene rings is 1. The Morgan fingerprint density at radius 3 is 3.00 bits per heavy atom. The van der Waals surface area contributed by atoms with Crippen LogP contribution in [0.2, 0.25) is 0 Å². The van der Waals surface area contributed by atoms with Crippen molar-refractivity contribution < 1.29 is 8.91 Å². The summed E-state index contributed by atoms with van der Waals surface area (Å²) in [6.45, 7) is 4.78. The fourth-order valence-electron chi connectivity index (χ4n) is 3.05. The highest BCUT2D eigenvalue weighted by atomic mass is 19.1. The first kappa shape index (κ1) is 14.2. The third kappa shape index (κ3) is 2.83. The molecule has 1 heterocycles. The van der Waals surface area contributed by atoms with Crippen molar-refractivity contribution in [3.63, 3.8) is 0 Å². The van der Waals surface area contributed by atoms with Gasteiger partial charge < -0.3 is 9.84 Å². The Hall–Kier alpha value is -1.75. The first-order valence-corrected chi connectivity index (χ1v) is 7.52. The van der Waals surface area contributed by atoms with Gasteiger partial charge in [-0.15, -0.1) is 0 Å². The lowest BCUT2D eigenvalue weighted by Crippen LogP contribution is -2.31. The van der Waals surface area contributed by atoms with Crippen molar-refractivity contribution in [2.24, 2.45) is 0 Å². The highest BCUT2D eigenvalue weighted by Gasteiger charge is 2.32. The number of nitrogens with one attached hydrogen (secondary N) is 1. The minimum Gasteiger partial charge on any atom is -0.339 e. The zero-order valence-electron chi connectivity index (χ0n) is 12.4. The second-order valence-corrected chi connectivity index (χ2v) is 5.62. The van der Waals surface area contributed by atoms with Crippen molar-refractivity contribution in [2.45, 2.75) is 45.1 Å². The van der Waals surface area contributed by atoms with Crippen molar-refractivity contribution in [1.82, 2.24) is 15.5 Å². The van der Waals surface area contributed by atoms with Gasteiger partial charge in [0.15, 0.2) is 0 Å². The molecule has 21 heavy (non-hydrogen) atoms. The topological polar surface area (TPSA) is 51.0 Å². The van der Waals surface area contributed by atoms with Gasteiger partial charge in [0.2, 0.25) is 11.7 Å². The van der Waals surface area contributed by atoms with Gasteiger partial charge in [-0.3, -0.25) is 0 Å². The molecule has 0 amide bonds. The molecule has 1 aromatic carbocycles. The number of likely N-dealkylation sites (N-methyl/N-ethyl adjacent to an activating group) is 1. The molecule has 2 aromatic rings. The quantitative estimate of drug-likeness (QED) is 0.937. The summed E-state index contributed by atoms with van der Waals surface area (Å²) < 4.78 is 18.8. The van der Waals surface area contributed by atoms with Crippen LogP contribution in [0.25, 0.3) is 11.4 Å². The average molecular weight is 289 g/mol. The van der Waals surface area contributed by atoms with Crippen molar-refractivity contribution in [1.29, 1.82) is 0 Å². The van der Waals surface area contributed by atoms with Gasteiger partial charge in [0.1, 0.15) is 5.82 Å². The first-order chi connectivity index (χ1) is 10.2. The van der Waals surface area contributed by atoms with Gasteiger partial charge in [-0.05, 0) is 50.1 Å². The van der Waals surface area contributed by atoms with Crippen LogP contribution in [0.4, 0.5) is 4.39 Å². The predicted molar refractivity (Wildman–Crippen MR) is 78.5 cm³/mol. The molecule has 5 heteroatoms. The van der Waals surface area contributed by atoms with E-state index in [4.69, 9.17) is 4.52 Å². The van der Waals surface area contributed by atoms with E-state index in [9.17, 15) is 4.39 Å². The standard InChI is InChI=1S/C16H20FN3O/c1-3-18-14-6-4-5-12(14)16-19-15(20-21-16)11-7-8-13(17)10(2)9-11/h7-9,12,14,18H,3-6H2,1-2H3. The maximum absolute atomic E-state index is 13.3. The molecule has 0 saturated heterocycles. The molecule has 1 saturated carbocycles. The van der Waals surface area contributed by atoms with E-state index in [-0.39, 0.29) is 11.7 Å². The molecule has 0 aliphatic heterocycles. The van der Waals surface area contributed by atoms with Gasteiger partial charge in [-0.25, -0.2) is 4.39 Å². The molecule has 2 unspecified atom stereocenters. The highest BCUT2D eigenvalue weighted by molar-refractivity contribution is 5.55. The molecule has 112 valence electrons. The Bertz CT molecular complexity index is 626.